The first-order valence-corrected chi connectivity index (χ1v) is 6.88. The number of benzene rings is 1. The van der Waals surface area contributed by atoms with Crippen LogP contribution in [0, 0.1) is 5.82 Å². The molecule has 1 saturated heterocycles. The molecule has 1 aliphatic heterocycles. The maximum Gasteiger partial charge on any atom is 0.328 e. The second-order valence-electron chi connectivity index (χ2n) is 5.70. The molecule has 0 atom stereocenters. The molecule has 22 heavy (non-hydrogen) atoms. The van der Waals surface area contributed by atoms with Gasteiger partial charge in [-0.2, -0.15) is 0 Å². The summed E-state index contributed by atoms with van der Waals surface area (Å²) in [6, 6.07) is 3.80. The monoisotopic (exact) mass is 308 g/mol. The van der Waals surface area contributed by atoms with Crippen molar-refractivity contribution in [1.29, 1.82) is 0 Å². The van der Waals surface area contributed by atoms with Crippen molar-refractivity contribution in [2.75, 3.05) is 11.4 Å². The van der Waals surface area contributed by atoms with Crippen molar-refractivity contribution >= 4 is 23.5 Å². The molecule has 2 N–H and O–H groups in total. The van der Waals surface area contributed by atoms with Crippen LogP contribution in [0.5, 0.6) is 0 Å². The molecule has 1 heterocycles. The van der Waals surface area contributed by atoms with E-state index < -0.39 is 23.2 Å². The number of carbonyl (C=O) groups excluding carboxylic acids is 2. The zero-order valence-corrected chi connectivity index (χ0v) is 12.4. The molecule has 0 unspecified atom stereocenters. The van der Waals surface area contributed by atoms with Gasteiger partial charge in [-0.1, -0.05) is 0 Å². The van der Waals surface area contributed by atoms with Crippen molar-refractivity contribution in [2.45, 2.75) is 32.2 Å². The van der Waals surface area contributed by atoms with E-state index in [1.165, 1.54) is 30.9 Å². The minimum Gasteiger partial charge on any atom is -0.480 e. The number of carboxylic acid groups (broad SMARTS) is 1. The normalized spacial score (nSPS) is 15.0. The largest absolute Gasteiger partial charge is 0.480 e. The molecular weight excluding hydrogens is 291 g/mol. The number of hydrogen-bond donors (Lipinski definition) is 2. The SMILES string of the molecule is CC(C)(NC(=O)c1cc(N2CCCC2=O)ccc1F)C(=O)O. The lowest BCUT2D eigenvalue weighted by Crippen LogP contribution is -2.49. The highest BCUT2D eigenvalue weighted by molar-refractivity contribution is 6.00. The highest BCUT2D eigenvalue weighted by Crippen LogP contribution is 2.24. The van der Waals surface area contributed by atoms with Gasteiger partial charge in [0.1, 0.15) is 11.4 Å². The Kier molecular flexibility index (Phi) is 4.16. The first-order chi connectivity index (χ1) is 10.2. The zero-order valence-electron chi connectivity index (χ0n) is 12.4. The third-order valence-corrected chi connectivity index (χ3v) is 3.54. The van der Waals surface area contributed by atoms with Crippen LogP contribution in [0.2, 0.25) is 0 Å². The summed E-state index contributed by atoms with van der Waals surface area (Å²) < 4.78 is 13.9. The van der Waals surface area contributed by atoms with E-state index in [1.54, 1.807) is 0 Å². The average molecular weight is 308 g/mol. The number of nitrogens with zero attached hydrogens (tertiary/aromatic N) is 1. The second kappa shape index (κ2) is 5.75. The molecule has 2 amide bonds. The molecule has 0 saturated carbocycles. The number of halogens is 1. The first-order valence-electron chi connectivity index (χ1n) is 6.88. The molecule has 2 rings (SSSR count). The minimum absolute atomic E-state index is 0.0798. The molecule has 0 spiro atoms. The number of carboxylic acids is 1. The number of anilines is 1. The van der Waals surface area contributed by atoms with Gasteiger partial charge in [-0.15, -0.1) is 0 Å². The van der Waals surface area contributed by atoms with Gasteiger partial charge in [0.15, 0.2) is 0 Å². The summed E-state index contributed by atoms with van der Waals surface area (Å²) >= 11 is 0. The van der Waals surface area contributed by atoms with Crippen LogP contribution < -0.4 is 10.2 Å². The predicted octanol–water partition coefficient (Wildman–Crippen LogP) is 1.55. The smallest absolute Gasteiger partial charge is 0.328 e. The molecule has 118 valence electrons. The predicted molar refractivity (Wildman–Crippen MR) is 77.2 cm³/mol. The lowest BCUT2D eigenvalue weighted by Gasteiger charge is -2.22. The Morgan fingerprint density at radius 1 is 1.36 bits per heavy atom. The van der Waals surface area contributed by atoms with Gasteiger partial charge in [-0.05, 0) is 38.5 Å². The summed E-state index contributed by atoms with van der Waals surface area (Å²) in [4.78, 5) is 36.3. The molecule has 1 aromatic rings. The number of carbonyl (C=O) groups is 3. The van der Waals surface area contributed by atoms with Gasteiger partial charge in [0.05, 0.1) is 5.56 Å². The summed E-state index contributed by atoms with van der Waals surface area (Å²) in [5, 5.41) is 11.3. The molecule has 1 aromatic carbocycles. The molecule has 0 aliphatic carbocycles. The third-order valence-electron chi connectivity index (χ3n) is 3.54. The van der Waals surface area contributed by atoms with Crippen molar-refractivity contribution in [3.8, 4) is 0 Å². The summed E-state index contributed by atoms with van der Waals surface area (Å²) in [6.07, 6.45) is 1.13. The van der Waals surface area contributed by atoms with Crippen LogP contribution in [0.25, 0.3) is 0 Å². The molecule has 0 radical (unpaired) electrons. The molecular formula is C15H17FN2O4. The maximum absolute atomic E-state index is 13.9. The average Bonchev–Trinajstić information content (AvgIpc) is 2.84. The standard InChI is InChI=1S/C15H17FN2O4/c1-15(2,14(21)22)17-13(20)10-8-9(5-6-11(10)16)18-7-3-4-12(18)19/h5-6,8H,3-4,7H2,1-2H3,(H,17,20)(H,21,22). The molecule has 1 fully saturated rings. The van der Waals surface area contributed by atoms with Gasteiger partial charge >= 0.3 is 5.97 Å². The highest BCUT2D eigenvalue weighted by Gasteiger charge is 2.31. The van der Waals surface area contributed by atoms with Crippen LogP contribution in [0.1, 0.15) is 37.0 Å². The highest BCUT2D eigenvalue weighted by atomic mass is 19.1. The topological polar surface area (TPSA) is 86.7 Å². The van der Waals surface area contributed by atoms with Crippen LogP contribution in [0.3, 0.4) is 0 Å². The fourth-order valence-electron chi connectivity index (χ4n) is 2.18. The summed E-state index contributed by atoms with van der Waals surface area (Å²) in [5.74, 6) is -2.91. The van der Waals surface area contributed by atoms with Crippen molar-refractivity contribution < 1.29 is 23.9 Å². The molecule has 0 aromatic heterocycles. The lowest BCUT2D eigenvalue weighted by molar-refractivity contribution is -0.143. The Hall–Kier alpha value is -2.44. The van der Waals surface area contributed by atoms with E-state index in [9.17, 15) is 18.8 Å². The van der Waals surface area contributed by atoms with Gasteiger partial charge in [0.25, 0.3) is 5.91 Å². The third kappa shape index (κ3) is 3.08. The number of amides is 2. The van der Waals surface area contributed by atoms with Crippen molar-refractivity contribution in [3.63, 3.8) is 0 Å². The minimum atomic E-state index is -1.52. The number of hydrogen-bond acceptors (Lipinski definition) is 3. The van der Waals surface area contributed by atoms with Gasteiger partial charge in [-0.3, -0.25) is 9.59 Å². The quantitative estimate of drug-likeness (QED) is 0.883. The second-order valence-corrected chi connectivity index (χ2v) is 5.70. The summed E-state index contributed by atoms with van der Waals surface area (Å²) in [7, 11) is 0. The van der Waals surface area contributed by atoms with Gasteiger partial charge in [-0.25, -0.2) is 9.18 Å². The van der Waals surface area contributed by atoms with Crippen molar-refractivity contribution in [1.82, 2.24) is 5.32 Å². The van der Waals surface area contributed by atoms with E-state index in [4.69, 9.17) is 5.11 Å². The maximum atomic E-state index is 13.9. The molecule has 0 bridgehead atoms. The van der Waals surface area contributed by atoms with Gasteiger partial charge in [0.2, 0.25) is 5.91 Å². The number of rotatable bonds is 4. The Morgan fingerprint density at radius 2 is 2.05 bits per heavy atom. The Morgan fingerprint density at radius 3 is 2.59 bits per heavy atom. The lowest BCUT2D eigenvalue weighted by atomic mass is 10.0. The Bertz CT molecular complexity index is 642. The van der Waals surface area contributed by atoms with Crippen LogP contribution >= 0.6 is 0 Å². The van der Waals surface area contributed by atoms with Crippen LogP contribution in [0.15, 0.2) is 18.2 Å². The van der Waals surface area contributed by atoms with Gasteiger partial charge in [0, 0.05) is 18.7 Å². The number of nitrogens with one attached hydrogen (secondary N) is 1. The zero-order chi connectivity index (χ0) is 16.5. The van der Waals surface area contributed by atoms with E-state index in [2.05, 4.69) is 5.32 Å². The van der Waals surface area contributed by atoms with Crippen LogP contribution in [-0.2, 0) is 9.59 Å². The van der Waals surface area contributed by atoms with E-state index in [1.807, 2.05) is 0 Å². The molecule has 7 heteroatoms. The van der Waals surface area contributed by atoms with Crippen molar-refractivity contribution in [2.24, 2.45) is 0 Å². The molecule has 1 aliphatic rings. The Labute approximate surface area is 126 Å². The van der Waals surface area contributed by atoms with Crippen LogP contribution in [0.4, 0.5) is 10.1 Å². The molecule has 6 nitrogen and oxygen atoms in total. The number of aliphatic carboxylic acids is 1. The van der Waals surface area contributed by atoms with Crippen LogP contribution in [-0.4, -0.2) is 35.0 Å². The van der Waals surface area contributed by atoms with E-state index in [-0.39, 0.29) is 11.5 Å². The van der Waals surface area contributed by atoms with Gasteiger partial charge < -0.3 is 15.3 Å². The summed E-state index contributed by atoms with van der Waals surface area (Å²) in [6.45, 7) is 3.13. The first kappa shape index (κ1) is 15.9. The van der Waals surface area contributed by atoms with Crippen molar-refractivity contribution in [3.05, 3.63) is 29.6 Å². The van der Waals surface area contributed by atoms with E-state index in [0.717, 1.165) is 6.07 Å². The van der Waals surface area contributed by atoms with E-state index >= 15 is 0 Å². The summed E-state index contributed by atoms with van der Waals surface area (Å²) in [5.41, 5.74) is -1.38. The Balaban J connectivity index is 2.29. The fraction of sp³-hybridized carbons (Fsp3) is 0.400. The fourth-order valence-corrected chi connectivity index (χ4v) is 2.18. The van der Waals surface area contributed by atoms with E-state index in [0.29, 0.717) is 25.1 Å².